The summed E-state index contributed by atoms with van der Waals surface area (Å²) in [6.07, 6.45) is 7.48. The van der Waals surface area contributed by atoms with Gasteiger partial charge in [-0.3, -0.25) is 0 Å². The molecule has 0 radical (unpaired) electrons. The normalized spacial score (nSPS) is 32.9. The highest BCUT2D eigenvalue weighted by Crippen LogP contribution is 2.32. The molecule has 3 unspecified atom stereocenters. The number of fused-ring (bicyclic) bond motifs is 1. The molecule has 3 nitrogen and oxygen atoms in total. The first-order valence-electron chi connectivity index (χ1n) is 4.28. The number of nitrogens with zero attached hydrogens (tertiary/aromatic N) is 1. The monoisotopic (exact) mass is 196 g/mol. The van der Waals surface area contributed by atoms with E-state index in [1.54, 1.807) is 11.9 Å². The van der Waals surface area contributed by atoms with Gasteiger partial charge in [0.2, 0.25) is 0 Å². The van der Waals surface area contributed by atoms with Crippen LogP contribution in [0, 0.1) is 5.92 Å². The van der Waals surface area contributed by atoms with Gasteiger partial charge in [0.25, 0.3) is 0 Å². The van der Waals surface area contributed by atoms with E-state index < -0.39 is 6.10 Å². The van der Waals surface area contributed by atoms with Crippen molar-refractivity contribution >= 4 is 18.2 Å². The first-order valence-corrected chi connectivity index (χ1v) is 5.12. The molecule has 0 aromatic rings. The molecule has 0 amide bonds. The molecule has 1 heterocycles. The average Bonchev–Trinajstić information content (AvgIpc) is 2.63. The molecule has 0 fully saturated rings. The molecule has 0 aromatic carbocycles. The van der Waals surface area contributed by atoms with Crippen LogP contribution in [-0.4, -0.2) is 29.2 Å². The Kier molecular flexibility index (Phi) is 2.53. The lowest BCUT2D eigenvalue weighted by molar-refractivity contribution is 0.222. The van der Waals surface area contributed by atoms with Crippen LogP contribution in [0.4, 0.5) is 0 Å². The zero-order valence-corrected chi connectivity index (χ0v) is 7.95. The number of hydrogen-bond donors (Lipinski definition) is 2. The fourth-order valence-electron chi connectivity index (χ4n) is 1.46. The Morgan fingerprint density at radius 2 is 2.54 bits per heavy atom. The third kappa shape index (κ3) is 1.70. The van der Waals surface area contributed by atoms with Crippen LogP contribution in [0.5, 0.6) is 0 Å². The Hall–Kier alpha value is -0.580. The second-order valence-electron chi connectivity index (χ2n) is 3.18. The summed E-state index contributed by atoms with van der Waals surface area (Å²) in [6.45, 7) is 0.277. The summed E-state index contributed by atoms with van der Waals surface area (Å²) in [5.74, 6) is 0.402. The Morgan fingerprint density at radius 1 is 1.69 bits per heavy atom. The van der Waals surface area contributed by atoms with E-state index in [-0.39, 0.29) is 6.54 Å². The second kappa shape index (κ2) is 3.65. The third-order valence-corrected chi connectivity index (χ3v) is 3.21. The molecule has 3 atom stereocenters. The lowest BCUT2D eigenvalue weighted by Crippen LogP contribution is -2.24. The predicted octanol–water partition coefficient (Wildman–Crippen LogP) is 0.520. The number of aliphatic hydroxyl groups excluding tert-OH is 1. The van der Waals surface area contributed by atoms with Crippen LogP contribution in [0.3, 0.4) is 0 Å². The Labute approximate surface area is 81.6 Å². The number of rotatable bonds is 2. The lowest BCUT2D eigenvalue weighted by Gasteiger charge is -2.18. The molecule has 0 aromatic heterocycles. The summed E-state index contributed by atoms with van der Waals surface area (Å²) in [5.41, 5.74) is 6.30. The van der Waals surface area contributed by atoms with Crippen LogP contribution in [0.15, 0.2) is 28.2 Å². The lowest BCUT2D eigenvalue weighted by atomic mass is 9.94. The zero-order valence-electron chi connectivity index (χ0n) is 7.13. The molecule has 1 aliphatic heterocycles. The van der Waals surface area contributed by atoms with Crippen molar-refractivity contribution in [2.24, 2.45) is 16.0 Å². The molecule has 0 spiro atoms. The van der Waals surface area contributed by atoms with Crippen LogP contribution in [-0.2, 0) is 0 Å². The molecule has 0 bridgehead atoms. The topological polar surface area (TPSA) is 58.6 Å². The SMILES string of the molecule is NCC(O)C1=CC2SN=CC2C=C1. The molecular weight excluding hydrogens is 184 g/mol. The van der Waals surface area contributed by atoms with Gasteiger partial charge >= 0.3 is 0 Å². The number of hydrogen-bond acceptors (Lipinski definition) is 4. The molecule has 0 saturated heterocycles. The predicted molar refractivity (Wildman–Crippen MR) is 55.6 cm³/mol. The van der Waals surface area contributed by atoms with Crippen LogP contribution in [0.1, 0.15) is 0 Å². The number of nitrogens with two attached hydrogens (primary N) is 1. The molecule has 13 heavy (non-hydrogen) atoms. The van der Waals surface area contributed by atoms with E-state index in [0.717, 1.165) is 5.57 Å². The smallest absolute Gasteiger partial charge is 0.0909 e. The standard InChI is InChI=1S/C9H12N2OS/c10-4-8(12)6-1-2-7-5-11-13-9(7)3-6/h1-3,5,7-9,12H,4,10H2. The zero-order chi connectivity index (χ0) is 9.26. The van der Waals surface area contributed by atoms with E-state index in [9.17, 15) is 5.11 Å². The van der Waals surface area contributed by atoms with Crippen LogP contribution in [0.25, 0.3) is 0 Å². The second-order valence-corrected chi connectivity index (χ2v) is 4.15. The van der Waals surface area contributed by atoms with Crippen molar-refractivity contribution in [3.05, 3.63) is 23.8 Å². The van der Waals surface area contributed by atoms with Crippen molar-refractivity contribution in [3.8, 4) is 0 Å². The minimum atomic E-state index is -0.529. The molecule has 4 heteroatoms. The fraction of sp³-hybridized carbons (Fsp3) is 0.444. The van der Waals surface area contributed by atoms with Crippen molar-refractivity contribution in [1.82, 2.24) is 0 Å². The summed E-state index contributed by atoms with van der Waals surface area (Å²) in [4.78, 5) is 0. The van der Waals surface area contributed by atoms with Gasteiger partial charge < -0.3 is 10.8 Å². The van der Waals surface area contributed by atoms with Crippen LogP contribution in [0.2, 0.25) is 0 Å². The summed E-state index contributed by atoms with van der Waals surface area (Å²) >= 11 is 1.55. The Morgan fingerprint density at radius 3 is 3.31 bits per heavy atom. The number of aliphatic hydroxyl groups is 1. The minimum absolute atomic E-state index is 0.277. The van der Waals surface area contributed by atoms with Crippen molar-refractivity contribution in [3.63, 3.8) is 0 Å². The molecule has 70 valence electrons. The van der Waals surface area contributed by atoms with E-state index in [0.29, 0.717) is 11.2 Å². The molecule has 1 aliphatic carbocycles. The van der Waals surface area contributed by atoms with Gasteiger partial charge in [-0.2, -0.15) is 0 Å². The van der Waals surface area contributed by atoms with E-state index in [2.05, 4.69) is 16.5 Å². The molecular formula is C9H12N2OS. The van der Waals surface area contributed by atoms with E-state index >= 15 is 0 Å². The number of allylic oxidation sites excluding steroid dienone is 1. The maximum Gasteiger partial charge on any atom is 0.0909 e. The maximum atomic E-state index is 9.51. The van der Waals surface area contributed by atoms with Crippen molar-refractivity contribution in [2.45, 2.75) is 11.4 Å². The first-order chi connectivity index (χ1) is 6.31. The Balaban J connectivity index is 2.12. The molecule has 2 aliphatic rings. The largest absolute Gasteiger partial charge is 0.387 e. The van der Waals surface area contributed by atoms with Gasteiger partial charge in [-0.25, -0.2) is 4.40 Å². The highest BCUT2D eigenvalue weighted by atomic mass is 32.2. The highest BCUT2D eigenvalue weighted by Gasteiger charge is 2.25. The fourth-order valence-corrected chi connectivity index (χ4v) is 2.33. The molecule has 2 rings (SSSR count). The highest BCUT2D eigenvalue weighted by molar-refractivity contribution is 7.99. The summed E-state index contributed by atoms with van der Waals surface area (Å²) in [7, 11) is 0. The van der Waals surface area contributed by atoms with Crippen molar-refractivity contribution in [1.29, 1.82) is 0 Å². The van der Waals surface area contributed by atoms with E-state index in [1.807, 2.05) is 12.3 Å². The first kappa shape index (κ1) is 8.99. The maximum absolute atomic E-state index is 9.51. The van der Waals surface area contributed by atoms with Gasteiger partial charge in [0.1, 0.15) is 0 Å². The molecule has 3 N–H and O–H groups in total. The summed E-state index contributed by atoms with van der Waals surface area (Å²) in [6, 6.07) is 0. The summed E-state index contributed by atoms with van der Waals surface area (Å²) < 4.78 is 4.13. The van der Waals surface area contributed by atoms with Gasteiger partial charge in [0.15, 0.2) is 0 Å². The van der Waals surface area contributed by atoms with Crippen LogP contribution < -0.4 is 5.73 Å². The van der Waals surface area contributed by atoms with Gasteiger partial charge in [-0.15, -0.1) is 0 Å². The quantitative estimate of drug-likeness (QED) is 0.633. The van der Waals surface area contributed by atoms with E-state index in [1.165, 1.54) is 0 Å². The Bertz CT molecular complexity index is 285. The average molecular weight is 196 g/mol. The van der Waals surface area contributed by atoms with Crippen LogP contribution >= 0.6 is 11.9 Å². The van der Waals surface area contributed by atoms with Gasteiger partial charge in [0.05, 0.1) is 11.4 Å². The molecule has 0 saturated carbocycles. The van der Waals surface area contributed by atoms with Gasteiger partial charge in [-0.05, 0) is 17.5 Å². The van der Waals surface area contributed by atoms with Crippen molar-refractivity contribution < 1.29 is 5.11 Å². The van der Waals surface area contributed by atoms with Crippen molar-refractivity contribution in [2.75, 3.05) is 6.54 Å². The van der Waals surface area contributed by atoms with Gasteiger partial charge in [0, 0.05) is 18.7 Å². The summed E-state index contributed by atoms with van der Waals surface area (Å²) in [5, 5.41) is 9.87. The van der Waals surface area contributed by atoms with Gasteiger partial charge in [-0.1, -0.05) is 18.2 Å². The van der Waals surface area contributed by atoms with E-state index in [4.69, 9.17) is 5.73 Å². The minimum Gasteiger partial charge on any atom is -0.387 e. The third-order valence-electron chi connectivity index (χ3n) is 2.27.